The molecule has 0 unspecified atom stereocenters. The number of hydrogen-bond donors (Lipinski definition) is 1. The molecule has 1 rings (SSSR count). The van der Waals surface area contributed by atoms with E-state index in [1.807, 2.05) is 6.08 Å². The Morgan fingerprint density at radius 3 is 3.00 bits per heavy atom. The van der Waals surface area contributed by atoms with Crippen LogP contribution in [0.2, 0.25) is 0 Å². The SMILES string of the molecule is N=CC1=NC=CCC1. The molecule has 1 N–H and O–H groups in total. The van der Waals surface area contributed by atoms with Gasteiger partial charge >= 0.3 is 0 Å². The maximum atomic E-state index is 6.81. The molecule has 0 fully saturated rings. The first-order valence-corrected chi connectivity index (χ1v) is 2.65. The van der Waals surface area contributed by atoms with Crippen LogP contribution < -0.4 is 0 Å². The summed E-state index contributed by atoms with van der Waals surface area (Å²) in [6.45, 7) is 0. The Labute approximate surface area is 48.4 Å². The summed E-state index contributed by atoms with van der Waals surface area (Å²) in [7, 11) is 0. The molecule has 1 aliphatic rings. The van der Waals surface area contributed by atoms with Crippen molar-refractivity contribution in [3.8, 4) is 0 Å². The minimum atomic E-state index is 0.882. The van der Waals surface area contributed by atoms with Crippen molar-refractivity contribution in [3.63, 3.8) is 0 Å². The van der Waals surface area contributed by atoms with Gasteiger partial charge < -0.3 is 5.41 Å². The molecule has 1 heterocycles. The summed E-state index contributed by atoms with van der Waals surface area (Å²) in [6, 6.07) is 0. The molecule has 8 heavy (non-hydrogen) atoms. The highest BCUT2D eigenvalue weighted by Crippen LogP contribution is 1.99. The van der Waals surface area contributed by atoms with Crippen LogP contribution in [0.4, 0.5) is 0 Å². The van der Waals surface area contributed by atoms with Crippen molar-refractivity contribution in [2.75, 3.05) is 0 Å². The number of allylic oxidation sites excluding steroid dienone is 1. The van der Waals surface area contributed by atoms with Crippen LogP contribution in [0.1, 0.15) is 12.8 Å². The molecule has 0 amide bonds. The number of hydrogen-bond acceptors (Lipinski definition) is 2. The summed E-state index contributed by atoms with van der Waals surface area (Å²) in [4.78, 5) is 3.94. The molecule has 2 heteroatoms. The summed E-state index contributed by atoms with van der Waals surface area (Å²) < 4.78 is 0. The third kappa shape index (κ3) is 1.03. The minimum absolute atomic E-state index is 0.882. The zero-order valence-corrected chi connectivity index (χ0v) is 4.59. The van der Waals surface area contributed by atoms with Crippen LogP contribution in [0, 0.1) is 5.41 Å². The van der Waals surface area contributed by atoms with Crippen LogP contribution in [0.3, 0.4) is 0 Å². The first-order valence-electron chi connectivity index (χ1n) is 2.65. The lowest BCUT2D eigenvalue weighted by Crippen LogP contribution is -1.99. The Bertz CT molecular complexity index is 145. The van der Waals surface area contributed by atoms with Gasteiger partial charge in [0, 0.05) is 12.4 Å². The van der Waals surface area contributed by atoms with Crippen LogP contribution >= 0.6 is 0 Å². The third-order valence-corrected chi connectivity index (χ3v) is 1.08. The lowest BCUT2D eigenvalue weighted by Gasteiger charge is -1.98. The van der Waals surface area contributed by atoms with Crippen LogP contribution in [-0.2, 0) is 0 Å². The predicted molar refractivity (Wildman–Crippen MR) is 34.6 cm³/mol. The molecule has 0 bridgehead atoms. The van der Waals surface area contributed by atoms with Crippen LogP contribution in [0.25, 0.3) is 0 Å². The maximum absolute atomic E-state index is 6.81. The van der Waals surface area contributed by atoms with Crippen molar-refractivity contribution in [2.24, 2.45) is 4.99 Å². The lowest BCUT2D eigenvalue weighted by atomic mass is 10.2. The predicted octanol–water partition coefficient (Wildman–Crippen LogP) is 1.38. The molecule has 0 atom stereocenters. The molecule has 2 nitrogen and oxygen atoms in total. The monoisotopic (exact) mass is 108 g/mol. The van der Waals surface area contributed by atoms with Crippen molar-refractivity contribution in [1.29, 1.82) is 5.41 Å². The molecular formula is C6H8N2. The zero-order chi connectivity index (χ0) is 5.82. The van der Waals surface area contributed by atoms with E-state index in [0.717, 1.165) is 18.6 Å². The van der Waals surface area contributed by atoms with Gasteiger partial charge in [0.1, 0.15) is 0 Å². The van der Waals surface area contributed by atoms with E-state index >= 15 is 0 Å². The van der Waals surface area contributed by atoms with E-state index < -0.39 is 0 Å². The van der Waals surface area contributed by atoms with Gasteiger partial charge in [0.05, 0.1) is 5.71 Å². The second-order valence-electron chi connectivity index (χ2n) is 1.69. The van der Waals surface area contributed by atoms with Gasteiger partial charge in [-0.15, -0.1) is 0 Å². The van der Waals surface area contributed by atoms with E-state index in [9.17, 15) is 0 Å². The maximum Gasteiger partial charge on any atom is 0.0581 e. The summed E-state index contributed by atoms with van der Waals surface area (Å²) in [5, 5.41) is 6.81. The van der Waals surface area contributed by atoms with Crippen LogP contribution in [0.5, 0.6) is 0 Å². The van der Waals surface area contributed by atoms with Gasteiger partial charge in [-0.25, -0.2) is 0 Å². The standard InChI is InChI=1S/C6H8N2/c7-5-6-3-1-2-4-8-6/h2,4-5,7H,1,3H2. The molecule has 0 aliphatic carbocycles. The number of aliphatic imine (C=N–C) groups is 1. The van der Waals surface area contributed by atoms with E-state index in [-0.39, 0.29) is 0 Å². The van der Waals surface area contributed by atoms with Crippen molar-refractivity contribution in [1.82, 2.24) is 0 Å². The molecule has 0 spiro atoms. The van der Waals surface area contributed by atoms with Gasteiger partial charge in [-0.1, -0.05) is 6.08 Å². The van der Waals surface area contributed by atoms with Gasteiger partial charge in [-0.2, -0.15) is 0 Å². The Morgan fingerprint density at radius 2 is 2.62 bits per heavy atom. The van der Waals surface area contributed by atoms with Gasteiger partial charge in [-0.05, 0) is 12.8 Å². The molecule has 0 aromatic heterocycles. The summed E-state index contributed by atoms with van der Waals surface area (Å²) in [6.07, 6.45) is 7.04. The Hall–Kier alpha value is -0.920. The molecule has 42 valence electrons. The van der Waals surface area contributed by atoms with E-state index in [2.05, 4.69) is 4.99 Å². The highest BCUT2D eigenvalue weighted by atomic mass is 14.7. The van der Waals surface area contributed by atoms with Gasteiger partial charge in [0.2, 0.25) is 0 Å². The highest BCUT2D eigenvalue weighted by Gasteiger charge is 1.94. The summed E-state index contributed by atoms with van der Waals surface area (Å²) >= 11 is 0. The average molecular weight is 108 g/mol. The Balaban J connectivity index is 2.63. The van der Waals surface area contributed by atoms with Gasteiger partial charge in [0.25, 0.3) is 0 Å². The fourth-order valence-corrected chi connectivity index (χ4v) is 0.628. The highest BCUT2D eigenvalue weighted by molar-refractivity contribution is 6.29. The normalized spacial score (nSPS) is 17.8. The van der Waals surface area contributed by atoms with Gasteiger partial charge in [-0.3, -0.25) is 4.99 Å². The topological polar surface area (TPSA) is 36.2 Å². The van der Waals surface area contributed by atoms with Crippen molar-refractivity contribution >= 4 is 11.9 Å². The van der Waals surface area contributed by atoms with E-state index in [4.69, 9.17) is 5.41 Å². The van der Waals surface area contributed by atoms with Crippen LogP contribution in [-0.4, -0.2) is 11.9 Å². The van der Waals surface area contributed by atoms with Crippen molar-refractivity contribution in [3.05, 3.63) is 12.3 Å². The Morgan fingerprint density at radius 1 is 1.75 bits per heavy atom. The minimum Gasteiger partial charge on any atom is -0.307 e. The quantitative estimate of drug-likeness (QED) is 0.493. The number of nitrogens with zero attached hydrogens (tertiary/aromatic N) is 1. The zero-order valence-electron chi connectivity index (χ0n) is 4.59. The van der Waals surface area contributed by atoms with Crippen molar-refractivity contribution < 1.29 is 0 Å². The third-order valence-electron chi connectivity index (χ3n) is 1.08. The number of nitrogens with one attached hydrogen (secondary N) is 1. The van der Waals surface area contributed by atoms with E-state index in [0.29, 0.717) is 0 Å². The average Bonchev–Trinajstić information content (AvgIpc) is 1.90. The molecule has 0 aromatic rings. The molecule has 0 aromatic carbocycles. The summed E-state index contributed by atoms with van der Waals surface area (Å²) in [5.74, 6) is 0. The second-order valence-corrected chi connectivity index (χ2v) is 1.69. The van der Waals surface area contributed by atoms with Crippen molar-refractivity contribution in [2.45, 2.75) is 12.8 Å². The molecule has 1 aliphatic heterocycles. The molecule has 0 radical (unpaired) electrons. The fourth-order valence-electron chi connectivity index (χ4n) is 0.628. The second kappa shape index (κ2) is 2.40. The van der Waals surface area contributed by atoms with E-state index in [1.165, 1.54) is 6.21 Å². The molecular weight excluding hydrogens is 100 g/mol. The largest absolute Gasteiger partial charge is 0.307 e. The Kier molecular flexibility index (Phi) is 1.57. The smallest absolute Gasteiger partial charge is 0.0581 e. The first kappa shape index (κ1) is 5.22. The number of rotatable bonds is 1. The fraction of sp³-hybridized carbons (Fsp3) is 0.333. The first-order chi connectivity index (χ1) is 3.93. The molecule has 0 saturated heterocycles. The summed E-state index contributed by atoms with van der Waals surface area (Å²) in [5.41, 5.74) is 0.882. The lowest BCUT2D eigenvalue weighted by molar-refractivity contribution is 1.07. The molecule has 0 saturated carbocycles. The van der Waals surface area contributed by atoms with Gasteiger partial charge in [0.15, 0.2) is 0 Å². The van der Waals surface area contributed by atoms with E-state index in [1.54, 1.807) is 6.20 Å². The van der Waals surface area contributed by atoms with Crippen LogP contribution in [0.15, 0.2) is 17.3 Å².